The van der Waals surface area contributed by atoms with Gasteiger partial charge < -0.3 is 15.5 Å². The molecule has 3 rings (SSSR count). The fraction of sp³-hybridized carbons (Fsp3) is 0.381. The summed E-state index contributed by atoms with van der Waals surface area (Å²) in [6.07, 6.45) is 0.931. The molecule has 2 aromatic rings. The first kappa shape index (κ1) is 19.5. The topological polar surface area (TPSA) is 47.6 Å². The van der Waals surface area contributed by atoms with Gasteiger partial charge in [0.05, 0.1) is 10.7 Å². The molecule has 2 amide bonds. The van der Waals surface area contributed by atoms with Crippen molar-refractivity contribution in [2.45, 2.75) is 13.3 Å². The number of amides is 2. The first-order valence-corrected chi connectivity index (χ1v) is 9.83. The summed E-state index contributed by atoms with van der Waals surface area (Å²) in [6, 6.07) is 15.9. The number of piperazine rings is 1. The predicted octanol–water partition coefficient (Wildman–Crippen LogP) is 3.98. The number of halogens is 1. The Morgan fingerprint density at radius 2 is 1.81 bits per heavy atom. The lowest BCUT2D eigenvalue weighted by Gasteiger charge is -2.36. The molecule has 1 saturated heterocycles. The minimum Gasteiger partial charge on any atom is -0.369 e. The molecule has 1 heterocycles. The van der Waals surface area contributed by atoms with E-state index in [4.69, 9.17) is 11.6 Å². The van der Waals surface area contributed by atoms with Crippen LogP contribution in [0.5, 0.6) is 0 Å². The monoisotopic (exact) mass is 386 g/mol. The minimum atomic E-state index is -0.213. The van der Waals surface area contributed by atoms with E-state index in [9.17, 15) is 4.79 Å². The smallest absolute Gasteiger partial charge is 0.319 e. The molecule has 6 heteroatoms. The van der Waals surface area contributed by atoms with E-state index in [2.05, 4.69) is 50.8 Å². The summed E-state index contributed by atoms with van der Waals surface area (Å²) in [4.78, 5) is 16.9. The molecule has 0 aromatic heterocycles. The summed E-state index contributed by atoms with van der Waals surface area (Å²) in [5.74, 6) is 0. The van der Waals surface area contributed by atoms with Crippen molar-refractivity contribution in [3.8, 4) is 0 Å². The Labute approximate surface area is 166 Å². The molecular formula is C21H27ClN4O. The van der Waals surface area contributed by atoms with E-state index in [0.29, 0.717) is 17.3 Å². The number of anilines is 2. The van der Waals surface area contributed by atoms with Gasteiger partial charge in [-0.1, -0.05) is 35.9 Å². The molecule has 0 spiro atoms. The Morgan fingerprint density at radius 1 is 1.07 bits per heavy atom. The van der Waals surface area contributed by atoms with Crippen molar-refractivity contribution in [2.24, 2.45) is 0 Å². The lowest BCUT2D eigenvalue weighted by molar-refractivity contribution is 0.244. The average Bonchev–Trinajstić information content (AvgIpc) is 2.69. The van der Waals surface area contributed by atoms with Crippen LogP contribution in [0.2, 0.25) is 5.02 Å². The molecule has 0 atom stereocenters. The first-order chi connectivity index (χ1) is 13.1. The van der Waals surface area contributed by atoms with Gasteiger partial charge in [0.25, 0.3) is 0 Å². The standard InChI is InChI=1S/C21H27ClN4O/c1-17-8-9-20(19(22)16-17)24-21(27)23-10-5-11-25-12-14-26(15-13-25)18-6-3-2-4-7-18/h2-4,6-9,16H,5,10-15H2,1H3,(H2,23,24,27). The van der Waals surface area contributed by atoms with Gasteiger partial charge in [0.2, 0.25) is 0 Å². The Hall–Kier alpha value is -2.24. The molecular weight excluding hydrogens is 360 g/mol. The number of benzene rings is 2. The second-order valence-corrected chi connectivity index (χ2v) is 7.29. The van der Waals surface area contributed by atoms with E-state index in [1.165, 1.54) is 5.69 Å². The molecule has 0 unspecified atom stereocenters. The summed E-state index contributed by atoms with van der Waals surface area (Å²) in [5.41, 5.74) is 3.00. The molecule has 0 saturated carbocycles. The number of carbonyl (C=O) groups excluding carboxylic acids is 1. The van der Waals surface area contributed by atoms with E-state index >= 15 is 0 Å². The molecule has 2 aromatic carbocycles. The van der Waals surface area contributed by atoms with Crippen LogP contribution in [-0.2, 0) is 0 Å². The Morgan fingerprint density at radius 3 is 2.52 bits per heavy atom. The number of para-hydroxylation sites is 1. The van der Waals surface area contributed by atoms with Crippen molar-refractivity contribution in [1.29, 1.82) is 0 Å². The number of hydrogen-bond donors (Lipinski definition) is 2. The molecule has 1 fully saturated rings. The highest BCUT2D eigenvalue weighted by Gasteiger charge is 2.16. The molecule has 5 nitrogen and oxygen atoms in total. The Kier molecular flexibility index (Phi) is 6.96. The molecule has 144 valence electrons. The fourth-order valence-electron chi connectivity index (χ4n) is 3.26. The first-order valence-electron chi connectivity index (χ1n) is 9.45. The van der Waals surface area contributed by atoms with E-state index in [1.54, 1.807) is 0 Å². The summed E-state index contributed by atoms with van der Waals surface area (Å²) >= 11 is 6.14. The van der Waals surface area contributed by atoms with E-state index in [1.807, 2.05) is 25.1 Å². The molecule has 1 aliphatic rings. The highest BCUT2D eigenvalue weighted by atomic mass is 35.5. The van der Waals surface area contributed by atoms with Crippen LogP contribution in [0.25, 0.3) is 0 Å². The third kappa shape index (κ3) is 5.88. The van der Waals surface area contributed by atoms with Gasteiger partial charge in [-0.25, -0.2) is 4.79 Å². The van der Waals surface area contributed by atoms with Crippen LogP contribution in [0.1, 0.15) is 12.0 Å². The quantitative estimate of drug-likeness (QED) is 0.738. The number of urea groups is 1. The van der Waals surface area contributed by atoms with Crippen LogP contribution < -0.4 is 15.5 Å². The molecule has 0 aliphatic carbocycles. The fourth-order valence-corrected chi connectivity index (χ4v) is 3.54. The van der Waals surface area contributed by atoms with Gasteiger partial charge in [0, 0.05) is 38.4 Å². The van der Waals surface area contributed by atoms with Crippen LogP contribution in [0.15, 0.2) is 48.5 Å². The van der Waals surface area contributed by atoms with Crippen LogP contribution in [-0.4, -0.2) is 50.2 Å². The van der Waals surface area contributed by atoms with Crippen molar-refractivity contribution in [3.05, 3.63) is 59.1 Å². The summed E-state index contributed by atoms with van der Waals surface area (Å²) in [5, 5.41) is 6.26. The third-order valence-corrected chi connectivity index (χ3v) is 5.12. The van der Waals surface area contributed by atoms with Gasteiger partial charge in [0.1, 0.15) is 0 Å². The Bertz CT molecular complexity index is 745. The second-order valence-electron chi connectivity index (χ2n) is 6.88. The van der Waals surface area contributed by atoms with Gasteiger partial charge in [0.15, 0.2) is 0 Å². The highest BCUT2D eigenvalue weighted by molar-refractivity contribution is 6.33. The summed E-state index contributed by atoms with van der Waals surface area (Å²) in [6.45, 7) is 7.81. The van der Waals surface area contributed by atoms with Crippen LogP contribution in [0, 0.1) is 6.92 Å². The van der Waals surface area contributed by atoms with E-state index in [0.717, 1.165) is 44.7 Å². The number of nitrogens with zero attached hydrogens (tertiary/aromatic N) is 2. The van der Waals surface area contributed by atoms with Gasteiger partial charge in [-0.3, -0.25) is 4.90 Å². The molecule has 1 aliphatic heterocycles. The van der Waals surface area contributed by atoms with Gasteiger partial charge >= 0.3 is 6.03 Å². The SMILES string of the molecule is Cc1ccc(NC(=O)NCCCN2CCN(c3ccccc3)CC2)c(Cl)c1. The van der Waals surface area contributed by atoms with Crippen molar-refractivity contribution >= 4 is 29.0 Å². The maximum atomic E-state index is 12.0. The normalized spacial score (nSPS) is 14.8. The van der Waals surface area contributed by atoms with Crippen molar-refractivity contribution in [1.82, 2.24) is 10.2 Å². The maximum absolute atomic E-state index is 12.0. The number of hydrogen-bond acceptors (Lipinski definition) is 3. The lowest BCUT2D eigenvalue weighted by atomic mass is 10.2. The Balaban J connectivity index is 1.32. The predicted molar refractivity (Wildman–Crippen MR) is 113 cm³/mol. The van der Waals surface area contributed by atoms with Gasteiger partial charge in [-0.2, -0.15) is 0 Å². The zero-order valence-corrected chi connectivity index (χ0v) is 16.5. The van der Waals surface area contributed by atoms with Gasteiger partial charge in [-0.15, -0.1) is 0 Å². The molecule has 0 bridgehead atoms. The van der Waals surface area contributed by atoms with Gasteiger partial charge in [-0.05, 0) is 49.7 Å². The third-order valence-electron chi connectivity index (χ3n) is 4.80. The van der Waals surface area contributed by atoms with E-state index < -0.39 is 0 Å². The van der Waals surface area contributed by atoms with Crippen molar-refractivity contribution < 1.29 is 4.79 Å². The molecule has 0 radical (unpaired) electrons. The highest BCUT2D eigenvalue weighted by Crippen LogP contribution is 2.22. The zero-order chi connectivity index (χ0) is 19.1. The molecule has 27 heavy (non-hydrogen) atoms. The largest absolute Gasteiger partial charge is 0.369 e. The van der Waals surface area contributed by atoms with Crippen LogP contribution in [0.4, 0.5) is 16.2 Å². The number of aryl methyl sites for hydroxylation is 1. The second kappa shape index (κ2) is 9.62. The molecule has 2 N–H and O–H groups in total. The maximum Gasteiger partial charge on any atom is 0.319 e. The van der Waals surface area contributed by atoms with Crippen molar-refractivity contribution in [2.75, 3.05) is 49.5 Å². The van der Waals surface area contributed by atoms with Crippen LogP contribution in [0.3, 0.4) is 0 Å². The zero-order valence-electron chi connectivity index (χ0n) is 15.7. The van der Waals surface area contributed by atoms with Crippen LogP contribution >= 0.6 is 11.6 Å². The number of carbonyl (C=O) groups is 1. The number of nitrogens with one attached hydrogen (secondary N) is 2. The minimum absolute atomic E-state index is 0.213. The summed E-state index contributed by atoms with van der Waals surface area (Å²) in [7, 11) is 0. The van der Waals surface area contributed by atoms with E-state index in [-0.39, 0.29) is 6.03 Å². The lowest BCUT2D eigenvalue weighted by Crippen LogP contribution is -2.47. The summed E-state index contributed by atoms with van der Waals surface area (Å²) < 4.78 is 0. The average molecular weight is 387 g/mol. The van der Waals surface area contributed by atoms with Crippen molar-refractivity contribution in [3.63, 3.8) is 0 Å². The number of rotatable bonds is 6.